The highest BCUT2D eigenvalue weighted by molar-refractivity contribution is 9.10. The Bertz CT molecular complexity index is 794. The fraction of sp³-hybridized carbons (Fsp3) is 0.400. The van der Waals surface area contributed by atoms with E-state index < -0.39 is 11.8 Å². The van der Waals surface area contributed by atoms with Crippen LogP contribution >= 0.6 is 15.9 Å². The lowest BCUT2D eigenvalue weighted by Crippen LogP contribution is -2.48. The first-order chi connectivity index (χ1) is 12.3. The van der Waals surface area contributed by atoms with Crippen molar-refractivity contribution in [3.05, 3.63) is 52.3 Å². The lowest BCUT2D eigenvalue weighted by atomic mass is 9.57. The Balaban J connectivity index is 1.80. The van der Waals surface area contributed by atoms with Gasteiger partial charge in [0.2, 0.25) is 5.91 Å². The minimum absolute atomic E-state index is 0.0185. The van der Waals surface area contributed by atoms with Crippen LogP contribution in [0.5, 0.6) is 0 Å². The van der Waals surface area contributed by atoms with Gasteiger partial charge in [0.1, 0.15) is 0 Å². The Kier molecular flexibility index (Phi) is 5.32. The van der Waals surface area contributed by atoms with Gasteiger partial charge in [0, 0.05) is 35.1 Å². The van der Waals surface area contributed by atoms with Crippen molar-refractivity contribution in [2.24, 2.45) is 5.41 Å². The van der Waals surface area contributed by atoms with Crippen molar-refractivity contribution < 1.29 is 19.1 Å². The number of fused-ring (bicyclic) bond motifs is 2. The number of carbonyl (C=O) groups is 2. The van der Waals surface area contributed by atoms with Crippen molar-refractivity contribution >= 4 is 33.5 Å². The quantitative estimate of drug-likeness (QED) is 0.673. The number of hydrogen-bond acceptors (Lipinski definition) is 2. The molecule has 0 aromatic heterocycles. The van der Waals surface area contributed by atoms with E-state index in [2.05, 4.69) is 22.5 Å². The van der Waals surface area contributed by atoms with Crippen molar-refractivity contribution in [3.8, 4) is 0 Å². The molecule has 6 heteroatoms. The summed E-state index contributed by atoms with van der Waals surface area (Å²) >= 11 is 3.43. The van der Waals surface area contributed by atoms with Crippen LogP contribution in [0, 0.1) is 5.41 Å². The van der Waals surface area contributed by atoms with E-state index in [-0.39, 0.29) is 24.2 Å². The van der Waals surface area contributed by atoms with E-state index in [0.29, 0.717) is 18.5 Å². The van der Waals surface area contributed by atoms with Gasteiger partial charge in [-0.1, -0.05) is 34.1 Å². The second-order valence-corrected chi connectivity index (χ2v) is 8.13. The molecule has 3 aliphatic carbocycles. The van der Waals surface area contributed by atoms with Crippen molar-refractivity contribution in [2.45, 2.75) is 38.5 Å². The summed E-state index contributed by atoms with van der Waals surface area (Å²) in [5, 5.41) is 9.25. The van der Waals surface area contributed by atoms with E-state index in [9.17, 15) is 19.1 Å². The number of carbonyl (C=O) groups excluding carboxylic acids is 1. The third-order valence-electron chi connectivity index (χ3n) is 5.29. The summed E-state index contributed by atoms with van der Waals surface area (Å²) in [5.41, 5.74) is 2.24. The van der Waals surface area contributed by atoms with Gasteiger partial charge in [0.05, 0.1) is 5.83 Å². The van der Waals surface area contributed by atoms with Crippen LogP contribution in [-0.4, -0.2) is 23.5 Å². The number of hydrogen-bond donors (Lipinski definition) is 1. The molecule has 1 saturated carbocycles. The first-order valence-corrected chi connectivity index (χ1v) is 9.42. The van der Waals surface area contributed by atoms with Gasteiger partial charge in [-0.2, -0.15) is 0 Å². The molecule has 0 aliphatic heterocycles. The van der Waals surface area contributed by atoms with Crippen molar-refractivity contribution in [1.82, 2.24) is 0 Å². The van der Waals surface area contributed by atoms with Crippen LogP contribution in [0.4, 0.5) is 10.1 Å². The Morgan fingerprint density at radius 2 is 2.04 bits per heavy atom. The molecule has 1 aromatic carbocycles. The van der Waals surface area contributed by atoms with Gasteiger partial charge in [-0.05, 0) is 49.3 Å². The summed E-state index contributed by atoms with van der Waals surface area (Å²) in [6.45, 7) is 3.75. The largest absolute Gasteiger partial charge is 0.478 e. The van der Waals surface area contributed by atoms with E-state index in [0.717, 1.165) is 35.0 Å². The molecular weight excluding hydrogens is 401 g/mol. The maximum atomic E-state index is 13.0. The van der Waals surface area contributed by atoms with E-state index >= 15 is 0 Å². The Hall–Kier alpha value is -1.95. The molecule has 0 spiro atoms. The van der Waals surface area contributed by atoms with Crippen molar-refractivity contribution in [2.75, 3.05) is 11.4 Å². The number of amides is 1. The lowest BCUT2D eigenvalue weighted by molar-refractivity contribution is -0.133. The van der Waals surface area contributed by atoms with Crippen molar-refractivity contribution in [3.63, 3.8) is 0 Å². The maximum Gasteiger partial charge on any atom is 0.331 e. The number of anilines is 1. The number of rotatable bonds is 7. The van der Waals surface area contributed by atoms with Crippen LogP contribution in [0.1, 0.15) is 38.5 Å². The number of nitrogens with zero attached hydrogens (tertiary/aromatic N) is 1. The SMILES string of the molecule is C=C(F)CCC(=O)N(CC12CCC(C(=O)O)=C(C1)C2)c1cccc(Br)c1. The van der Waals surface area contributed by atoms with Crippen LogP contribution < -0.4 is 4.90 Å². The molecule has 3 aliphatic rings. The van der Waals surface area contributed by atoms with Crippen LogP contribution in [0.25, 0.3) is 0 Å². The minimum atomic E-state index is -0.824. The molecule has 0 saturated heterocycles. The van der Waals surface area contributed by atoms with Crippen LogP contribution in [0.3, 0.4) is 0 Å². The molecule has 1 aromatic rings. The number of halogens is 2. The molecule has 0 radical (unpaired) electrons. The summed E-state index contributed by atoms with van der Waals surface area (Å²) in [6, 6.07) is 7.49. The molecule has 138 valence electrons. The van der Waals surface area contributed by atoms with Gasteiger partial charge in [-0.3, -0.25) is 4.79 Å². The Morgan fingerprint density at radius 1 is 1.31 bits per heavy atom. The number of allylic oxidation sites excluding steroid dienone is 2. The average molecular weight is 422 g/mol. The summed E-state index contributed by atoms with van der Waals surface area (Å²) in [6.07, 6.45) is 2.84. The molecule has 0 atom stereocenters. The zero-order valence-electron chi connectivity index (χ0n) is 14.4. The lowest BCUT2D eigenvalue weighted by Gasteiger charge is -2.51. The van der Waals surface area contributed by atoms with E-state index in [1.54, 1.807) is 4.90 Å². The van der Waals surface area contributed by atoms with Gasteiger partial charge in [0.25, 0.3) is 0 Å². The van der Waals surface area contributed by atoms with Crippen LogP contribution in [0.2, 0.25) is 0 Å². The predicted molar refractivity (Wildman–Crippen MR) is 102 cm³/mol. The number of carboxylic acids is 1. The van der Waals surface area contributed by atoms with Gasteiger partial charge < -0.3 is 10.0 Å². The monoisotopic (exact) mass is 421 g/mol. The molecule has 1 N–H and O–H groups in total. The first kappa shape index (κ1) is 18.8. The van der Waals surface area contributed by atoms with Gasteiger partial charge in [-0.15, -0.1) is 0 Å². The maximum absolute atomic E-state index is 13.0. The highest BCUT2D eigenvalue weighted by Gasteiger charge is 2.48. The van der Waals surface area contributed by atoms with Gasteiger partial charge >= 0.3 is 5.97 Å². The molecule has 0 unspecified atom stereocenters. The normalized spacial score (nSPS) is 17.5. The van der Waals surface area contributed by atoms with Crippen LogP contribution in [0.15, 0.2) is 52.3 Å². The molecule has 4 rings (SSSR count). The molecule has 2 bridgehead atoms. The third-order valence-corrected chi connectivity index (χ3v) is 5.78. The zero-order chi connectivity index (χ0) is 18.9. The minimum Gasteiger partial charge on any atom is -0.478 e. The Morgan fingerprint density at radius 3 is 2.58 bits per heavy atom. The topological polar surface area (TPSA) is 57.6 Å². The van der Waals surface area contributed by atoms with Gasteiger partial charge in [0.15, 0.2) is 0 Å². The number of benzene rings is 1. The van der Waals surface area contributed by atoms with Crippen molar-refractivity contribution in [1.29, 1.82) is 0 Å². The van der Waals surface area contributed by atoms with E-state index in [4.69, 9.17) is 0 Å². The predicted octanol–water partition coefficient (Wildman–Crippen LogP) is 5.00. The zero-order valence-corrected chi connectivity index (χ0v) is 16.0. The molecular formula is C20H21BrFNO3. The molecule has 1 fully saturated rings. The van der Waals surface area contributed by atoms with E-state index in [1.807, 2.05) is 24.3 Å². The fourth-order valence-electron chi connectivity index (χ4n) is 3.94. The molecule has 1 amide bonds. The molecule has 4 nitrogen and oxygen atoms in total. The number of carboxylic acid groups (broad SMARTS) is 1. The summed E-state index contributed by atoms with van der Waals surface area (Å²) in [5.74, 6) is -1.46. The smallest absolute Gasteiger partial charge is 0.331 e. The Labute approximate surface area is 160 Å². The van der Waals surface area contributed by atoms with E-state index in [1.165, 1.54) is 0 Å². The standard InChI is InChI=1S/C20H21BrFNO3/c1-13(22)5-6-18(24)23(16-4-2-3-15(21)9-16)12-20-8-7-17(19(25)26)14(10-20)11-20/h2-4,9H,1,5-8,10-12H2,(H,25,26). The van der Waals surface area contributed by atoms with Gasteiger partial charge in [-0.25, -0.2) is 9.18 Å². The second kappa shape index (κ2) is 7.35. The second-order valence-electron chi connectivity index (χ2n) is 7.22. The summed E-state index contributed by atoms with van der Waals surface area (Å²) in [7, 11) is 0. The number of aliphatic carboxylic acids is 1. The van der Waals surface area contributed by atoms with Crippen LogP contribution in [-0.2, 0) is 9.59 Å². The third kappa shape index (κ3) is 3.90. The highest BCUT2D eigenvalue weighted by atomic mass is 79.9. The molecule has 0 heterocycles. The highest BCUT2D eigenvalue weighted by Crippen LogP contribution is 2.55. The molecule has 26 heavy (non-hydrogen) atoms. The average Bonchev–Trinajstić information content (AvgIpc) is 2.56. The fourth-order valence-corrected chi connectivity index (χ4v) is 4.33. The summed E-state index contributed by atoms with van der Waals surface area (Å²) < 4.78 is 13.9. The summed E-state index contributed by atoms with van der Waals surface area (Å²) in [4.78, 5) is 25.7. The first-order valence-electron chi connectivity index (χ1n) is 8.63.